The van der Waals surface area contributed by atoms with Crippen LogP contribution in [0.2, 0.25) is 0 Å². The van der Waals surface area contributed by atoms with Gasteiger partial charge in [0.15, 0.2) is 0 Å². The van der Waals surface area contributed by atoms with E-state index in [0.717, 1.165) is 48.7 Å². The second-order valence-electron chi connectivity index (χ2n) is 7.27. The van der Waals surface area contributed by atoms with Gasteiger partial charge in [-0.1, -0.05) is 12.1 Å². The molecular weight excluding hydrogens is 400 g/mol. The zero-order valence-electron chi connectivity index (χ0n) is 17.5. The van der Waals surface area contributed by atoms with Crippen molar-refractivity contribution in [3.05, 3.63) is 45.8 Å². The van der Waals surface area contributed by atoms with Crippen LogP contribution in [0.3, 0.4) is 0 Å². The van der Waals surface area contributed by atoms with Crippen molar-refractivity contribution in [3.63, 3.8) is 0 Å². The molecule has 0 aliphatic carbocycles. The maximum atomic E-state index is 12.7. The largest absolute Gasteiger partial charge is 0.465 e. The van der Waals surface area contributed by atoms with E-state index in [1.54, 1.807) is 0 Å². The zero-order valence-corrected chi connectivity index (χ0v) is 18.3. The van der Waals surface area contributed by atoms with E-state index in [2.05, 4.69) is 21.2 Å². The lowest BCUT2D eigenvalue weighted by molar-refractivity contribution is -0.117. The highest BCUT2D eigenvalue weighted by atomic mass is 32.1. The van der Waals surface area contributed by atoms with Crippen LogP contribution in [-0.2, 0) is 9.53 Å². The topological polar surface area (TPSA) is 85.7 Å². The molecular formula is C22H26N4O3S. The summed E-state index contributed by atoms with van der Waals surface area (Å²) in [4.78, 5) is 30.1. The summed E-state index contributed by atoms with van der Waals surface area (Å²) in [6.07, 6.45) is 0.900. The molecule has 7 nitrogen and oxygen atoms in total. The Balaban J connectivity index is 1.63. The third kappa shape index (κ3) is 4.81. The number of nitriles is 1. The first-order chi connectivity index (χ1) is 14.4. The Bertz CT molecular complexity index is 979. The molecule has 1 aliphatic rings. The van der Waals surface area contributed by atoms with Gasteiger partial charge in [-0.05, 0) is 38.0 Å². The predicted molar refractivity (Wildman–Crippen MR) is 118 cm³/mol. The molecule has 8 heteroatoms. The molecule has 1 aliphatic heterocycles. The fourth-order valence-electron chi connectivity index (χ4n) is 3.65. The minimum absolute atomic E-state index is 0.146. The number of benzene rings is 1. The molecule has 0 atom stereocenters. The summed E-state index contributed by atoms with van der Waals surface area (Å²) in [5.74, 6) is -0.582. The van der Waals surface area contributed by atoms with Gasteiger partial charge in [0.05, 0.1) is 30.5 Å². The number of esters is 1. The third-order valence-corrected chi connectivity index (χ3v) is 6.47. The highest BCUT2D eigenvalue weighted by Gasteiger charge is 2.23. The number of nitrogens with one attached hydrogen (secondary N) is 1. The molecule has 1 fully saturated rings. The van der Waals surface area contributed by atoms with Crippen LogP contribution in [-0.4, -0.2) is 56.6 Å². The normalized spacial score (nSPS) is 14.7. The fourth-order valence-corrected chi connectivity index (χ4v) is 4.71. The smallest absolute Gasteiger partial charge is 0.341 e. The van der Waals surface area contributed by atoms with Crippen molar-refractivity contribution in [2.24, 2.45) is 0 Å². The average molecular weight is 427 g/mol. The number of nitrogens with zero attached hydrogens (tertiary/aromatic N) is 3. The van der Waals surface area contributed by atoms with Gasteiger partial charge in [0.2, 0.25) is 5.91 Å². The van der Waals surface area contributed by atoms with E-state index < -0.39 is 5.97 Å². The molecule has 2 heterocycles. The van der Waals surface area contributed by atoms with Gasteiger partial charge in [0, 0.05) is 31.1 Å². The number of anilines is 2. The average Bonchev–Trinajstić information content (AvgIpc) is 2.89. The number of carbonyl (C=O) groups is 2. The van der Waals surface area contributed by atoms with Crippen LogP contribution in [0.5, 0.6) is 0 Å². The van der Waals surface area contributed by atoms with Crippen molar-refractivity contribution >= 4 is 33.9 Å². The third-order valence-electron chi connectivity index (χ3n) is 5.35. The Hall–Kier alpha value is -2.89. The summed E-state index contributed by atoms with van der Waals surface area (Å²) < 4.78 is 4.87. The highest BCUT2D eigenvalue weighted by Crippen LogP contribution is 2.33. The molecule has 0 spiro atoms. The number of hydrogen-bond acceptors (Lipinski definition) is 7. The van der Waals surface area contributed by atoms with E-state index in [1.165, 1.54) is 18.4 Å². The van der Waals surface area contributed by atoms with Crippen LogP contribution in [0.4, 0.5) is 10.7 Å². The minimum atomic E-state index is -0.436. The number of aryl methyl sites for hydroxylation is 1. The summed E-state index contributed by atoms with van der Waals surface area (Å²) in [7, 11) is 1.34. The SMILES string of the molecule is COC(=O)c1c(NC(=O)CN2CCCN(c3ccccc3C#N)CC2)sc(C)c1C. The van der Waals surface area contributed by atoms with Gasteiger partial charge in [-0.2, -0.15) is 5.26 Å². The van der Waals surface area contributed by atoms with Crippen molar-refractivity contribution in [3.8, 4) is 6.07 Å². The Kier molecular flexibility index (Phi) is 7.08. The summed E-state index contributed by atoms with van der Waals surface area (Å²) in [5.41, 5.74) is 2.88. The summed E-state index contributed by atoms with van der Waals surface area (Å²) in [6, 6.07) is 9.86. The summed E-state index contributed by atoms with van der Waals surface area (Å²) in [5, 5.41) is 12.8. The minimum Gasteiger partial charge on any atom is -0.465 e. The predicted octanol–water partition coefficient (Wildman–Crippen LogP) is 3.17. The standard InChI is InChI=1S/C22H26N4O3S/c1-15-16(2)30-21(20(15)22(28)29-3)24-19(27)14-25-9-6-10-26(12-11-25)18-8-5-4-7-17(18)13-23/h4-5,7-8H,6,9-12,14H2,1-3H3,(H,24,27). The lowest BCUT2D eigenvalue weighted by Gasteiger charge is -2.24. The van der Waals surface area contributed by atoms with Crippen LogP contribution in [0.25, 0.3) is 0 Å². The number of hydrogen-bond donors (Lipinski definition) is 1. The van der Waals surface area contributed by atoms with Gasteiger partial charge < -0.3 is 15.0 Å². The van der Waals surface area contributed by atoms with Crippen LogP contribution < -0.4 is 10.2 Å². The summed E-state index contributed by atoms with van der Waals surface area (Å²) in [6.45, 7) is 7.14. The van der Waals surface area contributed by atoms with Gasteiger partial charge in [-0.3, -0.25) is 9.69 Å². The fraction of sp³-hybridized carbons (Fsp3) is 0.409. The number of rotatable bonds is 5. The van der Waals surface area contributed by atoms with Gasteiger partial charge in [-0.25, -0.2) is 4.79 Å². The molecule has 0 bridgehead atoms. The van der Waals surface area contributed by atoms with Crippen molar-refractivity contribution in [2.45, 2.75) is 20.3 Å². The van der Waals surface area contributed by atoms with E-state index >= 15 is 0 Å². The molecule has 1 aromatic carbocycles. The number of ether oxygens (including phenoxy) is 1. The molecule has 0 unspecified atom stereocenters. The molecule has 2 aromatic rings. The Morgan fingerprint density at radius 3 is 2.70 bits per heavy atom. The second kappa shape index (κ2) is 9.74. The molecule has 3 rings (SSSR count). The maximum absolute atomic E-state index is 12.7. The van der Waals surface area contributed by atoms with Crippen LogP contribution in [0.15, 0.2) is 24.3 Å². The summed E-state index contributed by atoms with van der Waals surface area (Å²) >= 11 is 1.39. The molecule has 1 amide bonds. The first-order valence-corrected chi connectivity index (χ1v) is 10.7. The highest BCUT2D eigenvalue weighted by molar-refractivity contribution is 7.16. The van der Waals surface area contributed by atoms with E-state index in [1.807, 2.05) is 38.1 Å². The molecule has 0 saturated carbocycles. The number of para-hydroxylation sites is 1. The van der Waals surface area contributed by atoms with E-state index in [0.29, 0.717) is 16.1 Å². The van der Waals surface area contributed by atoms with Crippen LogP contribution in [0.1, 0.15) is 32.8 Å². The second-order valence-corrected chi connectivity index (χ2v) is 8.50. The number of methoxy groups -OCH3 is 1. The Morgan fingerprint density at radius 2 is 1.97 bits per heavy atom. The maximum Gasteiger partial charge on any atom is 0.341 e. The first kappa shape index (κ1) is 21.8. The Labute approximate surface area is 180 Å². The monoisotopic (exact) mass is 426 g/mol. The van der Waals surface area contributed by atoms with Crippen molar-refractivity contribution < 1.29 is 14.3 Å². The number of thiophene rings is 1. The molecule has 1 aromatic heterocycles. The van der Waals surface area contributed by atoms with Crippen LogP contribution >= 0.6 is 11.3 Å². The van der Waals surface area contributed by atoms with Gasteiger partial charge in [0.1, 0.15) is 11.1 Å². The lowest BCUT2D eigenvalue weighted by atomic mass is 10.1. The van der Waals surface area contributed by atoms with E-state index in [4.69, 9.17) is 4.74 Å². The molecule has 30 heavy (non-hydrogen) atoms. The molecule has 158 valence electrons. The molecule has 0 radical (unpaired) electrons. The van der Waals surface area contributed by atoms with Crippen molar-refractivity contribution in [2.75, 3.05) is 50.1 Å². The molecule has 1 saturated heterocycles. The van der Waals surface area contributed by atoms with Gasteiger partial charge in [-0.15, -0.1) is 11.3 Å². The van der Waals surface area contributed by atoms with Gasteiger partial charge >= 0.3 is 5.97 Å². The van der Waals surface area contributed by atoms with E-state index in [-0.39, 0.29) is 12.5 Å². The first-order valence-electron chi connectivity index (χ1n) is 9.89. The number of amides is 1. The lowest BCUT2D eigenvalue weighted by Crippen LogP contribution is -2.36. The quantitative estimate of drug-likeness (QED) is 0.739. The molecule has 1 N–H and O–H groups in total. The Morgan fingerprint density at radius 1 is 1.20 bits per heavy atom. The zero-order chi connectivity index (χ0) is 21.7. The number of carbonyl (C=O) groups excluding carboxylic acids is 2. The van der Waals surface area contributed by atoms with Crippen molar-refractivity contribution in [1.29, 1.82) is 5.26 Å². The van der Waals surface area contributed by atoms with Crippen LogP contribution in [0, 0.1) is 25.2 Å². The van der Waals surface area contributed by atoms with E-state index in [9.17, 15) is 14.9 Å². The van der Waals surface area contributed by atoms with Crippen molar-refractivity contribution in [1.82, 2.24) is 4.90 Å². The van der Waals surface area contributed by atoms with Gasteiger partial charge in [0.25, 0.3) is 0 Å².